The summed E-state index contributed by atoms with van der Waals surface area (Å²) in [7, 11) is 0. The summed E-state index contributed by atoms with van der Waals surface area (Å²) in [6.07, 6.45) is 8.76. The molecule has 0 aromatic heterocycles. The Bertz CT molecular complexity index is 479. The van der Waals surface area contributed by atoms with Crippen molar-refractivity contribution in [2.24, 2.45) is 0 Å². The van der Waals surface area contributed by atoms with Crippen molar-refractivity contribution in [3.05, 3.63) is 44.9 Å². The molecule has 1 aromatic rings. The van der Waals surface area contributed by atoms with Crippen LogP contribution in [-0.4, -0.2) is 5.78 Å². The highest BCUT2D eigenvalue weighted by molar-refractivity contribution is 9.10. The number of allylic oxidation sites excluding steroid dienone is 2. The van der Waals surface area contributed by atoms with E-state index in [4.69, 9.17) is 11.6 Å². The average Bonchev–Trinajstić information content (AvgIpc) is 2.31. The molecule has 0 aliphatic heterocycles. The van der Waals surface area contributed by atoms with Crippen LogP contribution in [-0.2, 0) is 0 Å². The van der Waals surface area contributed by atoms with Gasteiger partial charge in [-0.3, -0.25) is 4.79 Å². The first-order chi connectivity index (χ1) is 8.70. The lowest BCUT2D eigenvalue weighted by molar-refractivity contribution is 0.102. The molecule has 0 amide bonds. The molecule has 0 unspecified atom stereocenters. The lowest BCUT2D eigenvalue weighted by Crippen LogP contribution is -2.06. The molecule has 2 rings (SSSR count). The van der Waals surface area contributed by atoms with Crippen molar-refractivity contribution in [1.29, 1.82) is 0 Å². The third-order valence-corrected chi connectivity index (χ3v) is 4.58. The van der Waals surface area contributed by atoms with Crippen molar-refractivity contribution in [3.8, 4) is 0 Å². The van der Waals surface area contributed by atoms with Gasteiger partial charge in [0.2, 0.25) is 0 Å². The van der Waals surface area contributed by atoms with E-state index in [-0.39, 0.29) is 5.78 Å². The van der Waals surface area contributed by atoms with E-state index < -0.39 is 0 Å². The summed E-state index contributed by atoms with van der Waals surface area (Å²) >= 11 is 9.55. The number of halogens is 2. The van der Waals surface area contributed by atoms with E-state index in [9.17, 15) is 4.79 Å². The minimum atomic E-state index is 0.0863. The highest BCUT2D eigenvalue weighted by atomic mass is 79.9. The zero-order valence-corrected chi connectivity index (χ0v) is 12.6. The van der Waals surface area contributed by atoms with Crippen LogP contribution >= 0.6 is 27.5 Å². The Morgan fingerprint density at radius 2 is 1.94 bits per heavy atom. The molecular formula is C15H16BrClO. The molecule has 0 saturated heterocycles. The van der Waals surface area contributed by atoms with Gasteiger partial charge in [0.05, 0.1) is 5.02 Å². The maximum absolute atomic E-state index is 12.5. The summed E-state index contributed by atoms with van der Waals surface area (Å²) in [5.41, 5.74) is 1.53. The molecule has 96 valence electrons. The van der Waals surface area contributed by atoms with Gasteiger partial charge in [0, 0.05) is 10.0 Å². The Kier molecular flexibility index (Phi) is 5.02. The lowest BCUT2D eigenvalue weighted by atomic mass is 9.94. The number of rotatable bonds is 2. The van der Waals surface area contributed by atoms with E-state index in [1.165, 1.54) is 19.3 Å². The molecule has 1 aliphatic carbocycles. The quantitative estimate of drug-likeness (QED) is 0.649. The summed E-state index contributed by atoms with van der Waals surface area (Å²) in [5, 5.41) is 0.519. The number of carbonyl (C=O) groups is 1. The fraction of sp³-hybridized carbons (Fsp3) is 0.400. The third-order valence-electron chi connectivity index (χ3n) is 3.28. The van der Waals surface area contributed by atoms with Crippen molar-refractivity contribution in [3.63, 3.8) is 0 Å². The first-order valence-corrected chi connectivity index (χ1v) is 7.55. The van der Waals surface area contributed by atoms with Crippen LogP contribution in [0.5, 0.6) is 0 Å². The lowest BCUT2D eigenvalue weighted by Gasteiger charge is -2.11. The second-order valence-corrected chi connectivity index (χ2v) is 5.85. The van der Waals surface area contributed by atoms with Gasteiger partial charge in [-0.25, -0.2) is 0 Å². The summed E-state index contributed by atoms with van der Waals surface area (Å²) in [4.78, 5) is 12.5. The molecule has 18 heavy (non-hydrogen) atoms. The van der Waals surface area contributed by atoms with Crippen LogP contribution in [0.2, 0.25) is 5.02 Å². The molecule has 0 bridgehead atoms. The monoisotopic (exact) mass is 326 g/mol. The van der Waals surface area contributed by atoms with Crippen molar-refractivity contribution in [2.45, 2.75) is 38.5 Å². The van der Waals surface area contributed by atoms with E-state index in [0.29, 0.717) is 10.6 Å². The second kappa shape index (κ2) is 6.53. The number of ketones is 1. The van der Waals surface area contributed by atoms with Crippen LogP contribution in [0.4, 0.5) is 0 Å². The number of hydrogen-bond acceptors (Lipinski definition) is 1. The van der Waals surface area contributed by atoms with Crippen LogP contribution < -0.4 is 0 Å². The van der Waals surface area contributed by atoms with Gasteiger partial charge >= 0.3 is 0 Å². The van der Waals surface area contributed by atoms with E-state index >= 15 is 0 Å². The Balaban J connectivity index is 2.26. The summed E-state index contributed by atoms with van der Waals surface area (Å²) in [6.45, 7) is 0. The van der Waals surface area contributed by atoms with Crippen LogP contribution in [0.15, 0.2) is 34.3 Å². The SMILES string of the molecule is O=C(/C1=C/CCCCCC1)c1cccc(Br)c1Cl. The fourth-order valence-corrected chi connectivity index (χ4v) is 2.83. The van der Waals surface area contributed by atoms with E-state index in [0.717, 1.165) is 29.3 Å². The molecule has 3 heteroatoms. The predicted octanol–water partition coefficient (Wildman–Crippen LogP) is 5.57. The van der Waals surface area contributed by atoms with E-state index in [2.05, 4.69) is 22.0 Å². The van der Waals surface area contributed by atoms with Gasteiger partial charge in [-0.2, -0.15) is 0 Å². The van der Waals surface area contributed by atoms with Crippen molar-refractivity contribution >= 4 is 33.3 Å². The van der Waals surface area contributed by atoms with Crippen LogP contribution in [0.3, 0.4) is 0 Å². The van der Waals surface area contributed by atoms with Crippen molar-refractivity contribution < 1.29 is 4.79 Å². The van der Waals surface area contributed by atoms with Crippen molar-refractivity contribution in [2.75, 3.05) is 0 Å². The van der Waals surface area contributed by atoms with E-state index in [1.54, 1.807) is 6.07 Å². The van der Waals surface area contributed by atoms with Gasteiger partial charge < -0.3 is 0 Å². The van der Waals surface area contributed by atoms with Crippen molar-refractivity contribution in [1.82, 2.24) is 0 Å². The number of carbonyl (C=O) groups excluding carboxylic acids is 1. The molecular weight excluding hydrogens is 312 g/mol. The minimum Gasteiger partial charge on any atom is -0.289 e. The molecule has 1 nitrogen and oxygen atoms in total. The first-order valence-electron chi connectivity index (χ1n) is 6.38. The zero-order valence-electron chi connectivity index (χ0n) is 10.2. The maximum atomic E-state index is 12.5. The molecule has 1 aromatic carbocycles. The standard InChI is InChI=1S/C15H16BrClO/c16-13-10-6-9-12(14(13)17)15(18)11-7-4-2-1-3-5-8-11/h6-7,9-10H,1-5,8H2/b11-7+. The Morgan fingerprint density at radius 1 is 1.17 bits per heavy atom. The smallest absolute Gasteiger partial charge is 0.190 e. The topological polar surface area (TPSA) is 17.1 Å². The largest absolute Gasteiger partial charge is 0.289 e. The highest BCUT2D eigenvalue weighted by Gasteiger charge is 2.17. The molecule has 1 aliphatic rings. The predicted molar refractivity (Wildman–Crippen MR) is 79.3 cm³/mol. The molecule has 0 N–H and O–H groups in total. The molecule has 0 heterocycles. The van der Waals surface area contributed by atoms with Crippen LogP contribution in [0.25, 0.3) is 0 Å². The van der Waals surface area contributed by atoms with E-state index in [1.807, 2.05) is 12.1 Å². The molecule has 0 radical (unpaired) electrons. The van der Waals surface area contributed by atoms with Gasteiger partial charge in [0.1, 0.15) is 0 Å². The number of benzene rings is 1. The molecule has 0 atom stereocenters. The fourth-order valence-electron chi connectivity index (χ4n) is 2.25. The summed E-state index contributed by atoms with van der Waals surface area (Å²) < 4.78 is 0.779. The van der Waals surface area contributed by atoms with Gasteiger partial charge in [-0.05, 0) is 59.3 Å². The zero-order chi connectivity index (χ0) is 13.0. The third kappa shape index (κ3) is 3.24. The Labute approximate surface area is 121 Å². The van der Waals surface area contributed by atoms with Crippen LogP contribution in [0.1, 0.15) is 48.9 Å². The number of Topliss-reactive ketones (excluding diaryl/α,β-unsaturated/α-hetero) is 1. The van der Waals surface area contributed by atoms with Gasteiger partial charge in [0.15, 0.2) is 5.78 Å². The number of hydrogen-bond donors (Lipinski definition) is 0. The summed E-state index contributed by atoms with van der Waals surface area (Å²) in [6, 6.07) is 5.51. The molecule has 0 fully saturated rings. The maximum Gasteiger partial charge on any atom is 0.190 e. The average molecular weight is 328 g/mol. The normalized spacial score (nSPS) is 19.6. The molecule has 0 saturated carbocycles. The molecule has 0 spiro atoms. The van der Waals surface area contributed by atoms with Crippen LogP contribution in [0, 0.1) is 0 Å². The van der Waals surface area contributed by atoms with Gasteiger partial charge in [-0.15, -0.1) is 0 Å². The summed E-state index contributed by atoms with van der Waals surface area (Å²) in [5.74, 6) is 0.0863. The Morgan fingerprint density at radius 3 is 2.78 bits per heavy atom. The minimum absolute atomic E-state index is 0.0863. The van der Waals surface area contributed by atoms with Gasteiger partial charge in [-0.1, -0.05) is 36.6 Å². The Hall–Kier alpha value is -0.600. The first kappa shape index (κ1) is 13.8. The van der Waals surface area contributed by atoms with Gasteiger partial charge in [0.25, 0.3) is 0 Å². The highest BCUT2D eigenvalue weighted by Crippen LogP contribution is 2.29. The second-order valence-electron chi connectivity index (χ2n) is 4.61.